The fraction of sp³-hybridized carbons (Fsp3) is 0.304. The van der Waals surface area contributed by atoms with Gasteiger partial charge in [0.15, 0.2) is 0 Å². The summed E-state index contributed by atoms with van der Waals surface area (Å²) >= 11 is 6.99. The Morgan fingerprint density at radius 3 is 1.74 bits per heavy atom. The predicted molar refractivity (Wildman–Crippen MR) is 271 cm³/mol. The number of carbonyl (C=O) groups excluding carboxylic acids is 3. The smallest absolute Gasteiger partial charge is 0.416 e. The number of para-hydroxylation sites is 2. The molecule has 0 aliphatic rings. The van der Waals surface area contributed by atoms with Crippen molar-refractivity contribution >= 4 is 55.4 Å². The number of halogens is 5. The molecule has 0 radical (unpaired) electrons. The number of hydrogen-bond acceptors (Lipinski definition) is 7. The molecule has 0 fully saturated rings. The van der Waals surface area contributed by atoms with Crippen LogP contribution in [-0.2, 0) is 15.7 Å². The van der Waals surface area contributed by atoms with Gasteiger partial charge in [0.2, 0.25) is 0 Å². The molecule has 0 spiro atoms. The number of benzene rings is 6. The maximum Gasteiger partial charge on any atom is 0.416 e. The van der Waals surface area contributed by atoms with Crippen LogP contribution in [0.2, 0.25) is 0 Å². The lowest BCUT2D eigenvalue weighted by molar-refractivity contribution is -0.139. The normalized spacial score (nSPS) is 11.7. The Hall–Kier alpha value is -5.92. The quantitative estimate of drug-likeness (QED) is 0.0339. The maximum atomic E-state index is 15.3. The van der Waals surface area contributed by atoms with E-state index in [1.165, 1.54) is 17.0 Å². The second-order valence-electron chi connectivity index (χ2n) is 16.5. The first kappa shape index (κ1) is 52.5. The first-order valence-electron chi connectivity index (χ1n) is 23.4. The summed E-state index contributed by atoms with van der Waals surface area (Å²) in [5, 5.41) is 0. The average Bonchev–Trinajstić information content (AvgIpc) is 3.34. The third kappa shape index (κ3) is 15.3. The van der Waals surface area contributed by atoms with Gasteiger partial charge in [0, 0.05) is 20.2 Å². The summed E-state index contributed by atoms with van der Waals surface area (Å²) in [6.07, 6.45) is 5.29. The van der Waals surface area contributed by atoms with Crippen LogP contribution in [0.4, 0.5) is 18.9 Å². The number of nitrogens with zero attached hydrogens (tertiary/aromatic N) is 1. The van der Waals surface area contributed by atoms with Gasteiger partial charge in [-0.25, -0.2) is 4.79 Å². The van der Waals surface area contributed by atoms with Gasteiger partial charge in [-0.2, -0.15) is 13.2 Å². The van der Waals surface area contributed by atoms with Gasteiger partial charge in [0.05, 0.1) is 36.8 Å². The van der Waals surface area contributed by atoms with Gasteiger partial charge in [-0.1, -0.05) is 158 Å². The number of rotatable bonds is 24. The Kier molecular flexibility index (Phi) is 19.9. The number of hydrogen-bond donors (Lipinski definition) is 0. The fourth-order valence-electron chi connectivity index (χ4n) is 7.75. The summed E-state index contributed by atoms with van der Waals surface area (Å²) in [6.45, 7) is 5.09. The van der Waals surface area contributed by atoms with Crippen molar-refractivity contribution in [2.75, 3.05) is 18.1 Å². The van der Waals surface area contributed by atoms with E-state index in [4.69, 9.17) is 18.9 Å². The summed E-state index contributed by atoms with van der Waals surface area (Å²) in [5.41, 5.74) is 1.87. The molecule has 6 aromatic carbocycles. The lowest BCUT2D eigenvalue weighted by atomic mass is 9.96. The zero-order chi connectivity index (χ0) is 49.2. The van der Waals surface area contributed by atoms with Gasteiger partial charge >= 0.3 is 18.1 Å². The number of ether oxygens (including phenoxy) is 4. The summed E-state index contributed by atoms with van der Waals surface area (Å²) in [5.74, 6) is -0.980. The van der Waals surface area contributed by atoms with E-state index in [2.05, 4.69) is 45.7 Å². The van der Waals surface area contributed by atoms with Crippen LogP contribution in [0.3, 0.4) is 0 Å². The number of alkyl halides is 3. The molecule has 13 heteroatoms. The van der Waals surface area contributed by atoms with E-state index in [-0.39, 0.29) is 22.6 Å². The molecule has 6 aromatic rings. The van der Waals surface area contributed by atoms with Crippen molar-refractivity contribution in [3.63, 3.8) is 0 Å². The molecular formula is C56H56Br2F3NO7. The molecule has 0 heterocycles. The number of carbonyl (C=O) groups is 3. The summed E-state index contributed by atoms with van der Waals surface area (Å²) in [4.78, 5) is 45.0. The zero-order valence-electron chi connectivity index (χ0n) is 38.7. The fourth-order valence-corrected chi connectivity index (χ4v) is 8.47. The highest BCUT2D eigenvalue weighted by molar-refractivity contribution is 9.10. The van der Waals surface area contributed by atoms with Gasteiger partial charge in [0.25, 0.3) is 5.91 Å². The Morgan fingerprint density at radius 1 is 0.594 bits per heavy atom. The topological polar surface area (TPSA) is 91.4 Å². The highest BCUT2D eigenvalue weighted by Gasteiger charge is 2.34. The zero-order valence-corrected chi connectivity index (χ0v) is 41.9. The van der Waals surface area contributed by atoms with E-state index in [1.807, 2.05) is 18.2 Å². The summed E-state index contributed by atoms with van der Waals surface area (Å²) < 4.78 is 65.2. The molecule has 362 valence electrons. The molecule has 8 nitrogen and oxygen atoms in total. The first-order chi connectivity index (χ1) is 33.4. The number of unbranched alkanes of at least 4 members (excludes halogenated alkanes) is 8. The van der Waals surface area contributed by atoms with Crippen molar-refractivity contribution < 1.29 is 46.5 Å². The monoisotopic (exact) mass is 1070 g/mol. The van der Waals surface area contributed by atoms with E-state index < -0.39 is 42.0 Å². The highest BCUT2D eigenvalue weighted by Crippen LogP contribution is 2.39. The van der Waals surface area contributed by atoms with Crippen molar-refractivity contribution in [3.8, 4) is 34.1 Å². The maximum absolute atomic E-state index is 15.3. The minimum atomic E-state index is -4.49. The van der Waals surface area contributed by atoms with Gasteiger partial charge in [0.1, 0.15) is 28.6 Å². The second-order valence-corrected chi connectivity index (χ2v) is 18.4. The molecule has 1 amide bonds. The second kappa shape index (κ2) is 26.2. The minimum Gasteiger partial charge on any atom is -0.493 e. The molecule has 0 bridgehead atoms. The van der Waals surface area contributed by atoms with Gasteiger partial charge in [-0.15, -0.1) is 0 Å². The van der Waals surface area contributed by atoms with E-state index >= 15 is 4.79 Å². The van der Waals surface area contributed by atoms with E-state index in [0.717, 1.165) is 76.3 Å². The molecule has 0 saturated carbocycles. The Labute approximate surface area is 419 Å². The largest absolute Gasteiger partial charge is 0.493 e. The molecule has 69 heavy (non-hydrogen) atoms. The van der Waals surface area contributed by atoms with Gasteiger partial charge in [-0.05, 0) is 103 Å². The minimum absolute atomic E-state index is 0.0750. The van der Waals surface area contributed by atoms with Crippen LogP contribution < -0.4 is 19.1 Å². The molecule has 0 aliphatic carbocycles. The van der Waals surface area contributed by atoms with Crippen molar-refractivity contribution in [2.24, 2.45) is 0 Å². The number of esters is 2. The van der Waals surface area contributed by atoms with Gasteiger partial charge < -0.3 is 23.8 Å². The van der Waals surface area contributed by atoms with Crippen LogP contribution >= 0.6 is 31.9 Å². The van der Waals surface area contributed by atoms with E-state index in [9.17, 15) is 22.8 Å². The molecule has 6 rings (SSSR count). The predicted octanol–water partition coefficient (Wildman–Crippen LogP) is 16.5. The van der Waals surface area contributed by atoms with Crippen LogP contribution in [0, 0.1) is 0 Å². The third-order valence-corrected chi connectivity index (χ3v) is 12.4. The van der Waals surface area contributed by atoms with Crippen molar-refractivity contribution in [2.45, 2.75) is 96.7 Å². The third-order valence-electron chi connectivity index (χ3n) is 11.4. The molecule has 0 aliphatic heterocycles. The highest BCUT2D eigenvalue weighted by atomic mass is 79.9. The Balaban J connectivity index is 1.35. The van der Waals surface area contributed by atoms with Crippen molar-refractivity contribution in [1.82, 2.24) is 0 Å². The molecule has 0 saturated heterocycles. The van der Waals surface area contributed by atoms with E-state index in [0.29, 0.717) is 56.0 Å². The van der Waals surface area contributed by atoms with Crippen LogP contribution in [0.15, 0.2) is 148 Å². The molecule has 0 N–H and O–H groups in total. The SMILES string of the molecule is CCCCCCCOc1ccc(Br)cc1C(=O)OC(=O)CC(c1ccc(-c2ccccc2Oc2ccc(C(F)(F)F)cc2)cc1)N(C(=O)c1cc(Br)ccc1OCCCCCCC)c1ccccc1. The first-order valence-corrected chi connectivity index (χ1v) is 25.0. The molecular weight excluding hydrogens is 1020 g/mol. The standard InChI is InChI=1S/C56H56Br2F3NO7/c1-3-5-7-9-16-34-66-50-32-28-42(57)36-47(50)54(64)62(44-18-12-11-13-19-44)49(38-53(63)69-55(65)48-37-43(58)29-33-51(48)67-35-17-10-8-6-4-2)40-24-22-39(23-25-40)46-20-14-15-21-52(46)68-45-30-26-41(27-31-45)56(59,60)61/h11-15,18-33,36-37,49H,3-10,16-17,34-35,38H2,1-2H3. The molecule has 0 aromatic heterocycles. The molecule has 1 atom stereocenters. The lowest BCUT2D eigenvalue weighted by Crippen LogP contribution is -2.37. The van der Waals surface area contributed by atoms with Crippen molar-refractivity contribution in [3.05, 3.63) is 171 Å². The van der Waals surface area contributed by atoms with Crippen molar-refractivity contribution in [1.29, 1.82) is 0 Å². The van der Waals surface area contributed by atoms with Gasteiger partial charge in [-0.3, -0.25) is 9.59 Å². The van der Waals surface area contributed by atoms with Crippen LogP contribution in [0.25, 0.3) is 11.1 Å². The van der Waals surface area contributed by atoms with Crippen LogP contribution in [-0.4, -0.2) is 31.1 Å². The number of amides is 1. The molecule has 1 unspecified atom stereocenters. The van der Waals surface area contributed by atoms with Crippen LogP contribution in [0.5, 0.6) is 23.0 Å². The lowest BCUT2D eigenvalue weighted by Gasteiger charge is -2.32. The Bertz CT molecular complexity index is 2610. The average molecular weight is 1070 g/mol. The number of anilines is 1. The Morgan fingerprint density at radius 2 is 1.14 bits per heavy atom. The van der Waals surface area contributed by atoms with Crippen LogP contribution in [0.1, 0.15) is 122 Å². The van der Waals surface area contributed by atoms with E-state index in [1.54, 1.807) is 97.1 Å². The summed E-state index contributed by atoms with van der Waals surface area (Å²) in [6, 6.07) is 36.8. The summed E-state index contributed by atoms with van der Waals surface area (Å²) in [7, 11) is 0.